The van der Waals surface area contributed by atoms with Gasteiger partial charge in [-0.15, -0.1) is 11.8 Å². The van der Waals surface area contributed by atoms with Crippen LogP contribution in [0.1, 0.15) is 11.7 Å². The fraction of sp³-hybridized carbons (Fsp3) is 0.120. The molecule has 3 aromatic carbocycles. The minimum Gasteiger partial charge on any atom is -0.508 e. The molecule has 0 fully saturated rings. The Hall–Kier alpha value is -3.43. The largest absolute Gasteiger partial charge is 0.508 e. The Bertz CT molecular complexity index is 1150. The number of aliphatic carboxylic acids is 1. The van der Waals surface area contributed by atoms with Crippen LogP contribution < -0.4 is 10.1 Å². The monoisotopic (exact) mass is 543 g/mol. The SMILES string of the molecule is CSc1ccc(NC(=O)O[C@@H](c2cc(Br)ccc2O)[C@H](/C=C/C(=O)O)Oc2ccccc2)cc1. The summed E-state index contributed by atoms with van der Waals surface area (Å²) in [6, 6.07) is 20.5. The van der Waals surface area contributed by atoms with E-state index in [1.807, 2.05) is 18.4 Å². The van der Waals surface area contributed by atoms with Gasteiger partial charge in [-0.3, -0.25) is 5.32 Å². The number of ether oxygens (including phenoxy) is 2. The highest BCUT2D eigenvalue weighted by Gasteiger charge is 2.30. The van der Waals surface area contributed by atoms with E-state index in [0.29, 0.717) is 15.9 Å². The van der Waals surface area contributed by atoms with E-state index in [4.69, 9.17) is 9.47 Å². The number of hydrogen-bond donors (Lipinski definition) is 3. The van der Waals surface area contributed by atoms with Gasteiger partial charge in [-0.2, -0.15) is 0 Å². The molecule has 1 amide bonds. The Balaban J connectivity index is 1.95. The third-order valence-electron chi connectivity index (χ3n) is 4.61. The average Bonchev–Trinajstić information content (AvgIpc) is 2.83. The van der Waals surface area contributed by atoms with Gasteiger partial charge < -0.3 is 19.7 Å². The second kappa shape index (κ2) is 12.2. The molecule has 0 aromatic heterocycles. The van der Waals surface area contributed by atoms with Crippen molar-refractivity contribution in [3.05, 3.63) is 95.0 Å². The zero-order valence-corrected chi connectivity index (χ0v) is 20.5. The molecule has 0 saturated heterocycles. The molecule has 0 bridgehead atoms. The topological polar surface area (TPSA) is 105 Å². The molecule has 0 heterocycles. The van der Waals surface area contributed by atoms with Crippen LogP contribution in [0.2, 0.25) is 0 Å². The van der Waals surface area contributed by atoms with Gasteiger partial charge in [0.2, 0.25) is 0 Å². The normalized spacial score (nSPS) is 12.6. The van der Waals surface area contributed by atoms with E-state index in [2.05, 4.69) is 21.2 Å². The quantitative estimate of drug-likeness (QED) is 0.216. The molecule has 3 aromatic rings. The third kappa shape index (κ3) is 7.29. The van der Waals surface area contributed by atoms with E-state index in [9.17, 15) is 19.8 Å². The number of nitrogens with one attached hydrogen (secondary N) is 1. The van der Waals surface area contributed by atoms with E-state index in [-0.39, 0.29) is 11.3 Å². The summed E-state index contributed by atoms with van der Waals surface area (Å²) in [5.41, 5.74) is 0.750. The number of carboxylic acids is 1. The summed E-state index contributed by atoms with van der Waals surface area (Å²) in [5.74, 6) is -0.911. The summed E-state index contributed by atoms with van der Waals surface area (Å²) < 4.78 is 12.3. The van der Waals surface area contributed by atoms with Gasteiger partial charge in [-0.1, -0.05) is 34.1 Å². The number of anilines is 1. The Morgan fingerprint density at radius 2 is 1.76 bits per heavy atom. The number of aromatic hydroxyl groups is 1. The van der Waals surface area contributed by atoms with Crippen molar-refractivity contribution in [2.24, 2.45) is 0 Å². The van der Waals surface area contributed by atoms with E-state index >= 15 is 0 Å². The van der Waals surface area contributed by atoms with Gasteiger partial charge in [0.1, 0.15) is 11.5 Å². The molecule has 176 valence electrons. The van der Waals surface area contributed by atoms with Crippen molar-refractivity contribution in [3.8, 4) is 11.5 Å². The van der Waals surface area contributed by atoms with Gasteiger partial charge in [0.15, 0.2) is 12.2 Å². The number of hydrogen-bond acceptors (Lipinski definition) is 6. The van der Waals surface area contributed by atoms with Crippen molar-refractivity contribution in [1.82, 2.24) is 0 Å². The van der Waals surface area contributed by atoms with Crippen molar-refractivity contribution in [2.75, 3.05) is 11.6 Å². The number of phenols is 1. The maximum absolute atomic E-state index is 12.8. The number of carboxylic acid groups (broad SMARTS) is 1. The molecule has 0 aliphatic carbocycles. The number of phenolic OH excluding ortho intramolecular Hbond substituents is 1. The van der Waals surface area contributed by atoms with Crippen LogP contribution in [0.5, 0.6) is 11.5 Å². The molecule has 0 aliphatic rings. The number of halogens is 1. The van der Waals surface area contributed by atoms with Crippen molar-refractivity contribution < 1.29 is 29.3 Å². The lowest BCUT2D eigenvalue weighted by molar-refractivity contribution is -0.131. The van der Waals surface area contributed by atoms with Crippen molar-refractivity contribution >= 4 is 45.4 Å². The van der Waals surface area contributed by atoms with Crippen molar-refractivity contribution in [3.63, 3.8) is 0 Å². The van der Waals surface area contributed by atoms with Gasteiger partial charge in [0, 0.05) is 26.7 Å². The van der Waals surface area contributed by atoms with Gasteiger partial charge in [-0.05, 0) is 66.9 Å². The Labute approximate surface area is 209 Å². The van der Waals surface area contributed by atoms with Gasteiger partial charge in [-0.25, -0.2) is 9.59 Å². The third-order valence-corrected chi connectivity index (χ3v) is 5.85. The molecule has 2 atom stereocenters. The fourth-order valence-electron chi connectivity index (χ4n) is 3.03. The lowest BCUT2D eigenvalue weighted by Gasteiger charge is -2.27. The number of benzene rings is 3. The van der Waals surface area contributed by atoms with Crippen LogP contribution in [0.15, 0.2) is 94.3 Å². The number of carbonyl (C=O) groups excluding carboxylic acids is 1. The zero-order valence-electron chi connectivity index (χ0n) is 18.1. The summed E-state index contributed by atoms with van der Waals surface area (Å²) >= 11 is 4.93. The molecule has 3 N–H and O–H groups in total. The second-order valence-corrected chi connectivity index (χ2v) is 8.77. The van der Waals surface area contributed by atoms with Gasteiger partial charge in [0.05, 0.1) is 0 Å². The number of thioether (sulfide) groups is 1. The summed E-state index contributed by atoms with van der Waals surface area (Å²) in [6.07, 6.45) is 1.07. The first-order chi connectivity index (χ1) is 16.4. The minimum atomic E-state index is -1.20. The van der Waals surface area contributed by atoms with E-state index in [1.54, 1.807) is 66.4 Å². The van der Waals surface area contributed by atoms with E-state index in [1.165, 1.54) is 12.1 Å². The lowest BCUT2D eigenvalue weighted by atomic mass is 10.0. The van der Waals surface area contributed by atoms with Crippen LogP contribution in [-0.2, 0) is 9.53 Å². The minimum absolute atomic E-state index is 0.143. The molecule has 0 unspecified atom stereocenters. The smallest absolute Gasteiger partial charge is 0.412 e. The van der Waals surface area contributed by atoms with E-state index < -0.39 is 24.3 Å². The second-order valence-electron chi connectivity index (χ2n) is 6.98. The molecule has 0 aliphatic heterocycles. The first kappa shape index (κ1) is 25.2. The highest BCUT2D eigenvalue weighted by Crippen LogP contribution is 2.34. The molecule has 0 radical (unpaired) electrons. The molecule has 7 nitrogen and oxygen atoms in total. The van der Waals surface area contributed by atoms with Crippen LogP contribution in [-0.4, -0.2) is 34.6 Å². The van der Waals surface area contributed by atoms with Gasteiger partial charge in [0.25, 0.3) is 0 Å². The average molecular weight is 544 g/mol. The summed E-state index contributed by atoms with van der Waals surface area (Å²) in [4.78, 5) is 25.1. The first-order valence-corrected chi connectivity index (χ1v) is 12.1. The highest BCUT2D eigenvalue weighted by molar-refractivity contribution is 9.10. The van der Waals surface area contributed by atoms with Crippen LogP contribution in [0.3, 0.4) is 0 Å². The predicted octanol–water partition coefficient (Wildman–Crippen LogP) is 6.25. The molecule has 0 spiro atoms. The van der Waals surface area contributed by atoms with Gasteiger partial charge >= 0.3 is 12.1 Å². The predicted molar refractivity (Wildman–Crippen MR) is 135 cm³/mol. The van der Waals surface area contributed by atoms with Crippen molar-refractivity contribution in [1.29, 1.82) is 0 Å². The Morgan fingerprint density at radius 3 is 2.41 bits per heavy atom. The van der Waals surface area contributed by atoms with Crippen LogP contribution in [0.25, 0.3) is 0 Å². The van der Waals surface area contributed by atoms with Crippen LogP contribution in [0, 0.1) is 0 Å². The lowest BCUT2D eigenvalue weighted by Crippen LogP contribution is -2.30. The van der Waals surface area contributed by atoms with Crippen LogP contribution in [0.4, 0.5) is 10.5 Å². The zero-order chi connectivity index (χ0) is 24.5. The standard InChI is InChI=1S/C25H22BrNO6S/c1-34-19-10-8-17(9-11-19)27-25(31)33-24(20-15-16(26)7-12-21(20)28)22(13-14-23(29)30)32-18-5-3-2-4-6-18/h2-15,22,24,28H,1H3,(H,27,31)(H,29,30)/b14-13+/t22-,24-/m0/s1. The van der Waals surface area contributed by atoms with Crippen molar-refractivity contribution in [2.45, 2.75) is 17.1 Å². The summed E-state index contributed by atoms with van der Waals surface area (Å²) in [7, 11) is 0. The summed E-state index contributed by atoms with van der Waals surface area (Å²) in [5, 5.41) is 22.4. The summed E-state index contributed by atoms with van der Waals surface area (Å²) in [6.45, 7) is 0. The van der Waals surface area contributed by atoms with E-state index in [0.717, 1.165) is 11.0 Å². The molecular weight excluding hydrogens is 522 g/mol. The number of carbonyl (C=O) groups is 2. The molecule has 34 heavy (non-hydrogen) atoms. The first-order valence-electron chi connectivity index (χ1n) is 10.1. The molecule has 3 rings (SSSR count). The molecule has 0 saturated carbocycles. The highest BCUT2D eigenvalue weighted by atomic mass is 79.9. The number of amides is 1. The van der Waals surface area contributed by atoms with Crippen LogP contribution >= 0.6 is 27.7 Å². The Kier molecular flexibility index (Phi) is 9.00. The molecular formula is C25H22BrNO6S. The fourth-order valence-corrected chi connectivity index (χ4v) is 3.82. The maximum Gasteiger partial charge on any atom is 0.412 e. The number of rotatable bonds is 9. The Morgan fingerprint density at radius 1 is 1.06 bits per heavy atom. The number of para-hydroxylation sites is 1. The maximum atomic E-state index is 12.8. The molecule has 9 heteroatoms.